The predicted molar refractivity (Wildman–Crippen MR) is 148 cm³/mol. The van der Waals surface area contributed by atoms with Gasteiger partial charge in [-0.05, 0) is 36.8 Å². The molecule has 2 aromatic carbocycles. The lowest BCUT2D eigenvalue weighted by molar-refractivity contribution is 0.0957. The third-order valence-electron chi connectivity index (χ3n) is 5.90. The maximum absolute atomic E-state index is 12.9. The number of ether oxygens (including phenoxy) is 2. The maximum Gasteiger partial charge on any atom is 0.323 e. The van der Waals surface area contributed by atoms with E-state index < -0.39 is 6.03 Å². The van der Waals surface area contributed by atoms with Gasteiger partial charge >= 0.3 is 6.03 Å². The van der Waals surface area contributed by atoms with Gasteiger partial charge in [0.15, 0.2) is 0 Å². The average molecular weight is 539 g/mol. The first-order chi connectivity index (χ1) is 18.4. The summed E-state index contributed by atoms with van der Waals surface area (Å²) in [5.41, 5.74) is 2.10. The van der Waals surface area contributed by atoms with Crippen molar-refractivity contribution in [3.05, 3.63) is 71.0 Å². The molecule has 200 valence electrons. The van der Waals surface area contributed by atoms with Crippen molar-refractivity contribution < 1.29 is 19.1 Å². The number of carbonyl (C=O) groups excluding carboxylic acids is 2. The molecule has 2 heterocycles. The minimum atomic E-state index is -0.443. The summed E-state index contributed by atoms with van der Waals surface area (Å²) in [4.78, 5) is 31.0. The van der Waals surface area contributed by atoms with Crippen molar-refractivity contribution >= 4 is 34.9 Å². The molecule has 3 amide bonds. The fraction of sp³-hybridized carbons (Fsp3) is 0.296. The van der Waals surface area contributed by atoms with Gasteiger partial charge < -0.3 is 30.7 Å². The van der Waals surface area contributed by atoms with Crippen LogP contribution in [0.25, 0.3) is 0 Å². The third-order valence-corrected chi connectivity index (χ3v) is 6.31. The number of carbonyl (C=O) groups is 2. The molecule has 1 aromatic heterocycles. The molecule has 0 unspecified atom stereocenters. The van der Waals surface area contributed by atoms with Crippen molar-refractivity contribution in [1.82, 2.24) is 20.5 Å². The van der Waals surface area contributed by atoms with Crippen LogP contribution in [0.1, 0.15) is 16.1 Å². The lowest BCUT2D eigenvalue weighted by atomic mass is 10.2. The SMILES string of the molecule is CNC(=O)c1cc(Oc2cccc(NC(=O)Nc3cc(C)c(Cl)cc3OCCN3CCNCC3)c2)ccn1. The lowest BCUT2D eigenvalue weighted by Gasteiger charge is -2.27. The number of halogens is 1. The number of hydrogen-bond donors (Lipinski definition) is 4. The summed E-state index contributed by atoms with van der Waals surface area (Å²) in [5, 5.41) is 12.1. The number of benzene rings is 2. The highest BCUT2D eigenvalue weighted by Gasteiger charge is 2.14. The first-order valence-corrected chi connectivity index (χ1v) is 12.7. The van der Waals surface area contributed by atoms with Gasteiger partial charge in [-0.1, -0.05) is 17.7 Å². The van der Waals surface area contributed by atoms with Crippen molar-refractivity contribution in [2.75, 3.05) is 57.0 Å². The van der Waals surface area contributed by atoms with E-state index in [1.54, 1.807) is 42.5 Å². The van der Waals surface area contributed by atoms with Crippen LogP contribution >= 0.6 is 11.6 Å². The zero-order chi connectivity index (χ0) is 26.9. The Morgan fingerprint density at radius 3 is 2.66 bits per heavy atom. The molecule has 4 rings (SSSR count). The molecular formula is C27H31ClN6O4. The van der Waals surface area contributed by atoms with Gasteiger partial charge in [-0.3, -0.25) is 14.7 Å². The molecule has 1 fully saturated rings. The van der Waals surface area contributed by atoms with Gasteiger partial charge in [0.25, 0.3) is 5.91 Å². The number of hydrogen-bond acceptors (Lipinski definition) is 7. The maximum atomic E-state index is 12.9. The molecule has 0 atom stereocenters. The van der Waals surface area contributed by atoms with Crippen molar-refractivity contribution in [2.24, 2.45) is 0 Å². The molecule has 38 heavy (non-hydrogen) atoms. The summed E-state index contributed by atoms with van der Waals surface area (Å²) in [7, 11) is 1.53. The van der Waals surface area contributed by atoms with E-state index in [2.05, 4.69) is 31.2 Å². The molecule has 1 aliphatic heterocycles. The Bertz CT molecular complexity index is 1280. The van der Waals surface area contributed by atoms with Crippen LogP contribution in [-0.4, -0.2) is 68.2 Å². The van der Waals surface area contributed by atoms with Crippen LogP contribution in [0.5, 0.6) is 17.2 Å². The van der Waals surface area contributed by atoms with Crippen LogP contribution in [0.4, 0.5) is 16.2 Å². The lowest BCUT2D eigenvalue weighted by Crippen LogP contribution is -2.44. The topological polar surface area (TPSA) is 117 Å². The standard InChI is InChI=1S/C27H31ClN6O4/c1-18-14-23(25(17-22(18)28)37-13-12-34-10-8-30-9-11-34)33-27(36)32-19-4-3-5-20(15-19)38-21-6-7-31-24(16-21)26(35)29-2/h3-7,14-17,30H,8-13H2,1-2H3,(H,29,35)(H2,32,33,36). The van der Waals surface area contributed by atoms with Gasteiger partial charge in [-0.15, -0.1) is 0 Å². The van der Waals surface area contributed by atoms with E-state index in [1.807, 2.05) is 6.92 Å². The van der Waals surface area contributed by atoms with Crippen molar-refractivity contribution in [2.45, 2.75) is 6.92 Å². The molecule has 4 N–H and O–H groups in total. The summed E-state index contributed by atoms with van der Waals surface area (Å²) in [5.74, 6) is 1.12. The number of piperazine rings is 1. The molecule has 3 aromatic rings. The molecule has 1 aliphatic rings. The van der Waals surface area contributed by atoms with E-state index in [-0.39, 0.29) is 11.6 Å². The molecule has 0 saturated carbocycles. The van der Waals surface area contributed by atoms with Crippen LogP contribution in [0, 0.1) is 6.92 Å². The Morgan fingerprint density at radius 1 is 1.08 bits per heavy atom. The van der Waals surface area contributed by atoms with Crippen LogP contribution in [0.3, 0.4) is 0 Å². The molecule has 1 saturated heterocycles. The minimum absolute atomic E-state index is 0.239. The highest BCUT2D eigenvalue weighted by molar-refractivity contribution is 6.31. The Labute approximate surface area is 226 Å². The molecule has 0 bridgehead atoms. The van der Waals surface area contributed by atoms with Gasteiger partial charge in [0.1, 0.15) is 29.5 Å². The van der Waals surface area contributed by atoms with E-state index in [0.29, 0.717) is 40.3 Å². The van der Waals surface area contributed by atoms with E-state index in [9.17, 15) is 9.59 Å². The van der Waals surface area contributed by atoms with E-state index >= 15 is 0 Å². The quantitative estimate of drug-likeness (QED) is 0.324. The summed E-state index contributed by atoms with van der Waals surface area (Å²) >= 11 is 6.33. The Kier molecular flexibility index (Phi) is 9.36. The number of nitrogens with one attached hydrogen (secondary N) is 4. The van der Waals surface area contributed by atoms with Crippen molar-refractivity contribution in [1.29, 1.82) is 0 Å². The van der Waals surface area contributed by atoms with Crippen molar-refractivity contribution in [3.8, 4) is 17.2 Å². The van der Waals surface area contributed by atoms with Crippen molar-refractivity contribution in [3.63, 3.8) is 0 Å². The second-order valence-electron chi connectivity index (χ2n) is 8.70. The average Bonchev–Trinajstić information content (AvgIpc) is 2.92. The number of urea groups is 1. The highest BCUT2D eigenvalue weighted by Crippen LogP contribution is 2.32. The van der Waals surface area contributed by atoms with E-state index in [1.165, 1.54) is 19.3 Å². The molecule has 11 heteroatoms. The highest BCUT2D eigenvalue weighted by atomic mass is 35.5. The molecule has 0 spiro atoms. The number of aromatic nitrogens is 1. The normalized spacial score (nSPS) is 13.4. The number of aryl methyl sites for hydroxylation is 1. The molecule has 0 radical (unpaired) electrons. The van der Waals surface area contributed by atoms with E-state index in [4.69, 9.17) is 21.1 Å². The van der Waals surface area contributed by atoms with Gasteiger partial charge in [0, 0.05) is 74.9 Å². The molecule has 0 aliphatic carbocycles. The monoisotopic (exact) mass is 538 g/mol. The second kappa shape index (κ2) is 13.1. The van der Waals surface area contributed by atoms with Crippen LogP contribution < -0.4 is 30.7 Å². The third kappa shape index (κ3) is 7.58. The first kappa shape index (κ1) is 27.2. The summed E-state index contributed by atoms with van der Waals surface area (Å²) < 4.78 is 11.9. The van der Waals surface area contributed by atoms with Gasteiger partial charge in [-0.25, -0.2) is 4.79 Å². The summed E-state index contributed by atoms with van der Waals surface area (Å²) in [6.07, 6.45) is 1.49. The Hall–Kier alpha value is -3.86. The minimum Gasteiger partial charge on any atom is -0.490 e. The van der Waals surface area contributed by atoms with Crippen LogP contribution in [0.15, 0.2) is 54.7 Å². The van der Waals surface area contributed by atoms with Gasteiger partial charge in [0.2, 0.25) is 0 Å². The number of rotatable bonds is 9. The number of amides is 3. The van der Waals surface area contributed by atoms with E-state index in [0.717, 1.165) is 38.3 Å². The van der Waals surface area contributed by atoms with Gasteiger partial charge in [0.05, 0.1) is 5.69 Å². The number of pyridine rings is 1. The number of nitrogens with zero attached hydrogens (tertiary/aromatic N) is 2. The van der Waals surface area contributed by atoms with Gasteiger partial charge in [-0.2, -0.15) is 0 Å². The smallest absolute Gasteiger partial charge is 0.323 e. The van der Waals surface area contributed by atoms with Crippen LogP contribution in [0.2, 0.25) is 5.02 Å². The molecule has 10 nitrogen and oxygen atoms in total. The first-order valence-electron chi connectivity index (χ1n) is 12.3. The predicted octanol–water partition coefficient (Wildman–Crippen LogP) is 4.12. The zero-order valence-corrected chi connectivity index (χ0v) is 22.1. The fourth-order valence-electron chi connectivity index (χ4n) is 3.88. The van der Waals surface area contributed by atoms with Crippen LogP contribution in [-0.2, 0) is 0 Å². The largest absolute Gasteiger partial charge is 0.490 e. The molecular weight excluding hydrogens is 508 g/mol. The fourth-order valence-corrected chi connectivity index (χ4v) is 4.04. The number of anilines is 2. The second-order valence-corrected chi connectivity index (χ2v) is 9.11. The summed E-state index contributed by atoms with van der Waals surface area (Å²) in [6.45, 7) is 7.02. The summed E-state index contributed by atoms with van der Waals surface area (Å²) in [6, 6.07) is 13.2. The Morgan fingerprint density at radius 2 is 1.87 bits per heavy atom. The Balaban J connectivity index is 1.39. The zero-order valence-electron chi connectivity index (χ0n) is 21.3.